The van der Waals surface area contributed by atoms with Crippen molar-refractivity contribution in [3.05, 3.63) is 81.0 Å². The molecule has 2 aromatic heterocycles. The number of aromatic amines is 1. The van der Waals surface area contributed by atoms with Crippen molar-refractivity contribution in [1.29, 1.82) is 0 Å². The molecule has 4 rings (SSSR count). The summed E-state index contributed by atoms with van der Waals surface area (Å²) >= 11 is 0. The highest BCUT2D eigenvalue weighted by atomic mass is 16.1. The summed E-state index contributed by atoms with van der Waals surface area (Å²) in [4.78, 5) is 26.7. The van der Waals surface area contributed by atoms with Crippen molar-refractivity contribution in [3.63, 3.8) is 0 Å². The lowest BCUT2D eigenvalue weighted by Crippen LogP contribution is -2.35. The molecule has 0 bridgehead atoms. The predicted molar refractivity (Wildman–Crippen MR) is 102 cm³/mol. The van der Waals surface area contributed by atoms with Crippen LogP contribution in [-0.2, 0) is 19.5 Å². The fraction of sp³-hybridized carbons (Fsp3) is 0.286. The molecule has 0 saturated heterocycles. The maximum atomic E-state index is 12.6. The molecule has 1 N–H and O–H groups in total. The lowest BCUT2D eigenvalue weighted by molar-refractivity contribution is 0.241. The van der Waals surface area contributed by atoms with E-state index in [1.54, 1.807) is 12.4 Å². The number of aryl methyl sites for hydroxylation is 2. The van der Waals surface area contributed by atoms with Gasteiger partial charge in [-0.15, -0.1) is 0 Å². The molecule has 0 aliphatic carbocycles. The standard InChI is InChI=1S/C21H22N4O/c1-14-5-6-15(2)17(10-14)12-25-9-7-19-18(13-25)21(26)24-20(23-19)16-4-3-8-22-11-16/h3-6,8,10-11H,7,9,12-13H2,1-2H3,(H,23,24,26). The summed E-state index contributed by atoms with van der Waals surface area (Å²) in [6, 6.07) is 10.3. The highest BCUT2D eigenvalue weighted by Gasteiger charge is 2.22. The van der Waals surface area contributed by atoms with Crippen molar-refractivity contribution in [3.8, 4) is 11.4 Å². The van der Waals surface area contributed by atoms with Crippen LogP contribution in [-0.4, -0.2) is 26.4 Å². The third-order valence-electron chi connectivity index (χ3n) is 4.98. The Kier molecular flexibility index (Phi) is 4.39. The molecule has 0 spiro atoms. The van der Waals surface area contributed by atoms with E-state index in [2.05, 4.69) is 46.9 Å². The van der Waals surface area contributed by atoms with Gasteiger partial charge in [0, 0.05) is 44.0 Å². The molecule has 132 valence electrons. The van der Waals surface area contributed by atoms with Gasteiger partial charge in [-0.2, -0.15) is 0 Å². The van der Waals surface area contributed by atoms with Crippen LogP contribution in [0.4, 0.5) is 0 Å². The minimum Gasteiger partial charge on any atom is -0.306 e. The molecule has 5 heteroatoms. The van der Waals surface area contributed by atoms with E-state index in [-0.39, 0.29) is 5.56 Å². The van der Waals surface area contributed by atoms with Crippen molar-refractivity contribution in [2.24, 2.45) is 0 Å². The molecule has 0 amide bonds. The Morgan fingerprint density at radius 2 is 2.12 bits per heavy atom. The molecule has 0 radical (unpaired) electrons. The number of hydrogen-bond donors (Lipinski definition) is 1. The van der Waals surface area contributed by atoms with Gasteiger partial charge in [0.25, 0.3) is 5.56 Å². The number of rotatable bonds is 3. The molecular formula is C21H22N4O. The summed E-state index contributed by atoms with van der Waals surface area (Å²) in [5.41, 5.74) is 6.37. The highest BCUT2D eigenvalue weighted by Crippen LogP contribution is 2.21. The Morgan fingerprint density at radius 1 is 1.23 bits per heavy atom. The molecule has 1 aliphatic rings. The Bertz CT molecular complexity index is 995. The van der Waals surface area contributed by atoms with Gasteiger partial charge in [0.05, 0.1) is 11.3 Å². The Labute approximate surface area is 152 Å². The van der Waals surface area contributed by atoms with Crippen LogP contribution in [0.25, 0.3) is 11.4 Å². The fourth-order valence-corrected chi connectivity index (χ4v) is 3.47. The second-order valence-corrected chi connectivity index (χ2v) is 6.97. The van der Waals surface area contributed by atoms with Gasteiger partial charge < -0.3 is 4.98 Å². The lowest BCUT2D eigenvalue weighted by Gasteiger charge is -2.28. The van der Waals surface area contributed by atoms with E-state index in [0.717, 1.165) is 36.3 Å². The van der Waals surface area contributed by atoms with Crippen LogP contribution in [0.1, 0.15) is 27.9 Å². The molecule has 1 aromatic carbocycles. The van der Waals surface area contributed by atoms with Crippen molar-refractivity contribution in [1.82, 2.24) is 19.9 Å². The Hall–Kier alpha value is -2.79. The van der Waals surface area contributed by atoms with E-state index in [0.29, 0.717) is 12.4 Å². The number of pyridine rings is 1. The van der Waals surface area contributed by atoms with Crippen molar-refractivity contribution in [2.45, 2.75) is 33.4 Å². The van der Waals surface area contributed by atoms with Crippen LogP contribution in [0.3, 0.4) is 0 Å². The maximum absolute atomic E-state index is 12.6. The average Bonchev–Trinajstić information content (AvgIpc) is 2.66. The van der Waals surface area contributed by atoms with E-state index in [1.807, 2.05) is 12.1 Å². The lowest BCUT2D eigenvalue weighted by atomic mass is 10.0. The molecule has 0 atom stereocenters. The van der Waals surface area contributed by atoms with E-state index in [9.17, 15) is 4.79 Å². The minimum atomic E-state index is -0.0421. The SMILES string of the molecule is Cc1ccc(C)c(CN2CCc3nc(-c4cccnc4)[nH]c(=O)c3C2)c1. The summed E-state index contributed by atoms with van der Waals surface area (Å²) in [7, 11) is 0. The zero-order valence-corrected chi connectivity index (χ0v) is 15.1. The smallest absolute Gasteiger partial charge is 0.255 e. The van der Waals surface area contributed by atoms with Gasteiger partial charge in [-0.25, -0.2) is 4.98 Å². The van der Waals surface area contributed by atoms with Crippen LogP contribution in [0.15, 0.2) is 47.5 Å². The quantitative estimate of drug-likeness (QED) is 0.792. The summed E-state index contributed by atoms with van der Waals surface area (Å²) < 4.78 is 0. The molecule has 3 aromatic rings. The number of fused-ring (bicyclic) bond motifs is 1. The zero-order valence-electron chi connectivity index (χ0n) is 15.1. The number of hydrogen-bond acceptors (Lipinski definition) is 4. The summed E-state index contributed by atoms with van der Waals surface area (Å²) in [6.07, 6.45) is 4.23. The van der Waals surface area contributed by atoms with Crippen LogP contribution in [0, 0.1) is 13.8 Å². The van der Waals surface area contributed by atoms with Gasteiger partial charge in [0.15, 0.2) is 0 Å². The summed E-state index contributed by atoms with van der Waals surface area (Å²) in [5.74, 6) is 0.602. The highest BCUT2D eigenvalue weighted by molar-refractivity contribution is 5.53. The average molecular weight is 346 g/mol. The largest absolute Gasteiger partial charge is 0.306 e. The zero-order chi connectivity index (χ0) is 18.1. The molecule has 26 heavy (non-hydrogen) atoms. The van der Waals surface area contributed by atoms with Gasteiger partial charge in [-0.3, -0.25) is 14.7 Å². The topological polar surface area (TPSA) is 61.9 Å². The monoisotopic (exact) mass is 346 g/mol. The number of nitrogens with one attached hydrogen (secondary N) is 1. The molecule has 0 saturated carbocycles. The predicted octanol–water partition coefficient (Wildman–Crippen LogP) is 3.01. The van der Waals surface area contributed by atoms with Crippen molar-refractivity contribution < 1.29 is 0 Å². The van der Waals surface area contributed by atoms with Crippen LogP contribution < -0.4 is 5.56 Å². The minimum absolute atomic E-state index is 0.0421. The summed E-state index contributed by atoms with van der Waals surface area (Å²) in [6.45, 7) is 6.66. The molecule has 3 heterocycles. The molecule has 1 aliphatic heterocycles. The van der Waals surface area contributed by atoms with Gasteiger partial charge in [-0.1, -0.05) is 23.8 Å². The first-order valence-electron chi connectivity index (χ1n) is 8.91. The van der Waals surface area contributed by atoms with Gasteiger partial charge in [-0.05, 0) is 37.1 Å². The van der Waals surface area contributed by atoms with Crippen molar-refractivity contribution in [2.75, 3.05) is 6.54 Å². The van der Waals surface area contributed by atoms with Crippen LogP contribution in [0.2, 0.25) is 0 Å². The van der Waals surface area contributed by atoms with E-state index >= 15 is 0 Å². The Morgan fingerprint density at radius 3 is 2.92 bits per heavy atom. The Balaban J connectivity index is 1.59. The van der Waals surface area contributed by atoms with Crippen LogP contribution in [0.5, 0.6) is 0 Å². The molecule has 5 nitrogen and oxygen atoms in total. The first kappa shape index (κ1) is 16.7. The van der Waals surface area contributed by atoms with E-state index in [4.69, 9.17) is 4.98 Å². The van der Waals surface area contributed by atoms with E-state index in [1.165, 1.54) is 16.7 Å². The summed E-state index contributed by atoms with van der Waals surface area (Å²) in [5, 5.41) is 0. The number of benzene rings is 1. The second kappa shape index (κ2) is 6.84. The van der Waals surface area contributed by atoms with Crippen molar-refractivity contribution >= 4 is 0 Å². The molecule has 0 unspecified atom stereocenters. The first-order chi connectivity index (χ1) is 12.6. The third-order valence-corrected chi connectivity index (χ3v) is 4.98. The van der Waals surface area contributed by atoms with Gasteiger partial charge >= 0.3 is 0 Å². The third kappa shape index (κ3) is 3.30. The first-order valence-corrected chi connectivity index (χ1v) is 8.91. The fourth-order valence-electron chi connectivity index (χ4n) is 3.47. The second-order valence-electron chi connectivity index (χ2n) is 6.97. The molecule has 0 fully saturated rings. The van der Waals surface area contributed by atoms with Gasteiger partial charge in [0.2, 0.25) is 0 Å². The normalized spacial score (nSPS) is 14.2. The maximum Gasteiger partial charge on any atom is 0.255 e. The van der Waals surface area contributed by atoms with E-state index < -0.39 is 0 Å². The molecular weight excluding hydrogens is 324 g/mol. The van der Waals surface area contributed by atoms with Gasteiger partial charge in [0.1, 0.15) is 5.82 Å². The number of H-pyrrole nitrogens is 1. The number of nitrogens with zero attached hydrogens (tertiary/aromatic N) is 3. The number of aromatic nitrogens is 3. The van der Waals surface area contributed by atoms with Crippen LogP contribution >= 0.6 is 0 Å².